The van der Waals surface area contributed by atoms with Gasteiger partial charge in [-0.3, -0.25) is 9.69 Å². The largest absolute Gasteiger partial charge is 0.334 e. The molecule has 4 heteroatoms. The molecule has 0 unspecified atom stereocenters. The molecule has 2 heterocycles. The maximum atomic E-state index is 13.0. The SMILES string of the molecule is C=CCN1C(=O)CC[C@@H]2[C@H]1CCN2Cc1ccc(F)cc1. The molecule has 2 aliphatic heterocycles. The zero-order valence-electron chi connectivity index (χ0n) is 12.2. The van der Waals surface area contributed by atoms with E-state index in [-0.39, 0.29) is 11.7 Å². The maximum absolute atomic E-state index is 13.0. The van der Waals surface area contributed by atoms with Gasteiger partial charge in [0.1, 0.15) is 5.82 Å². The van der Waals surface area contributed by atoms with E-state index < -0.39 is 0 Å². The highest BCUT2D eigenvalue weighted by molar-refractivity contribution is 5.78. The van der Waals surface area contributed by atoms with E-state index in [1.54, 1.807) is 0 Å². The van der Waals surface area contributed by atoms with Gasteiger partial charge >= 0.3 is 0 Å². The number of rotatable bonds is 4. The van der Waals surface area contributed by atoms with Gasteiger partial charge in [0.05, 0.1) is 0 Å². The molecule has 0 aromatic heterocycles. The third-order valence-corrected chi connectivity index (χ3v) is 4.62. The molecule has 0 N–H and O–H groups in total. The predicted octanol–water partition coefficient (Wildman–Crippen LogP) is 2.58. The summed E-state index contributed by atoms with van der Waals surface area (Å²) < 4.78 is 13.0. The predicted molar refractivity (Wildman–Crippen MR) is 80.1 cm³/mol. The molecule has 2 aliphatic rings. The number of likely N-dealkylation sites (tertiary alicyclic amines) is 2. The molecule has 21 heavy (non-hydrogen) atoms. The van der Waals surface area contributed by atoms with E-state index in [0.29, 0.717) is 25.0 Å². The van der Waals surface area contributed by atoms with Crippen LogP contribution in [0.1, 0.15) is 24.8 Å². The number of benzene rings is 1. The molecule has 0 radical (unpaired) electrons. The highest BCUT2D eigenvalue weighted by atomic mass is 19.1. The molecule has 3 nitrogen and oxygen atoms in total. The number of carbonyl (C=O) groups excluding carboxylic acids is 1. The second kappa shape index (κ2) is 5.98. The van der Waals surface area contributed by atoms with Crippen LogP contribution in [0, 0.1) is 5.82 Å². The summed E-state index contributed by atoms with van der Waals surface area (Å²) in [6.07, 6.45) is 4.38. The van der Waals surface area contributed by atoms with Gasteiger partial charge in [-0.15, -0.1) is 6.58 Å². The number of halogens is 1. The van der Waals surface area contributed by atoms with Crippen molar-refractivity contribution < 1.29 is 9.18 Å². The Balaban J connectivity index is 1.70. The number of carbonyl (C=O) groups is 1. The van der Waals surface area contributed by atoms with Crippen molar-refractivity contribution in [1.29, 1.82) is 0 Å². The van der Waals surface area contributed by atoms with E-state index in [1.165, 1.54) is 12.1 Å². The van der Waals surface area contributed by atoms with Crippen molar-refractivity contribution in [3.63, 3.8) is 0 Å². The molecular formula is C17H21FN2O. The quantitative estimate of drug-likeness (QED) is 0.795. The van der Waals surface area contributed by atoms with Crippen LogP contribution >= 0.6 is 0 Å². The van der Waals surface area contributed by atoms with Crippen molar-refractivity contribution in [2.45, 2.75) is 37.9 Å². The average molecular weight is 288 g/mol. The molecule has 1 aromatic rings. The molecule has 0 spiro atoms. The summed E-state index contributed by atoms with van der Waals surface area (Å²) in [5, 5.41) is 0. The normalized spacial score (nSPS) is 26.0. The summed E-state index contributed by atoms with van der Waals surface area (Å²) in [6, 6.07) is 7.45. The molecule has 3 rings (SSSR count). The minimum atomic E-state index is -0.196. The molecule has 1 amide bonds. The van der Waals surface area contributed by atoms with Gasteiger partial charge in [0, 0.05) is 38.1 Å². The number of hydrogen-bond acceptors (Lipinski definition) is 2. The Labute approximate surface area is 125 Å². The van der Waals surface area contributed by atoms with Crippen molar-refractivity contribution in [3.8, 4) is 0 Å². The van der Waals surface area contributed by atoms with Crippen LogP contribution in [0.4, 0.5) is 4.39 Å². The Kier molecular flexibility index (Phi) is 4.06. The van der Waals surface area contributed by atoms with Crippen LogP contribution in [-0.2, 0) is 11.3 Å². The fraction of sp³-hybridized carbons (Fsp3) is 0.471. The lowest BCUT2D eigenvalue weighted by Crippen LogP contribution is -2.52. The topological polar surface area (TPSA) is 23.6 Å². The van der Waals surface area contributed by atoms with E-state index in [2.05, 4.69) is 11.5 Å². The average Bonchev–Trinajstić information content (AvgIpc) is 2.88. The number of fused-ring (bicyclic) bond motifs is 1. The summed E-state index contributed by atoms with van der Waals surface area (Å²) in [4.78, 5) is 16.5. The molecule has 2 fully saturated rings. The van der Waals surface area contributed by atoms with Gasteiger partial charge in [-0.05, 0) is 30.5 Å². The van der Waals surface area contributed by atoms with Crippen LogP contribution in [0.15, 0.2) is 36.9 Å². The Bertz CT molecular complexity index is 528. The highest BCUT2D eigenvalue weighted by Gasteiger charge is 2.42. The highest BCUT2D eigenvalue weighted by Crippen LogP contribution is 2.32. The van der Waals surface area contributed by atoms with Crippen LogP contribution in [0.5, 0.6) is 0 Å². The van der Waals surface area contributed by atoms with Gasteiger partial charge < -0.3 is 4.90 Å². The standard InChI is InChI=1S/C17H21FN2O/c1-2-10-20-16-9-11-19(15(16)7-8-17(20)21)12-13-3-5-14(18)6-4-13/h2-6,15-16H,1,7-12H2/t15-,16-/m1/s1. The first-order valence-corrected chi connectivity index (χ1v) is 7.58. The molecule has 2 saturated heterocycles. The second-order valence-corrected chi connectivity index (χ2v) is 5.89. The molecule has 0 aliphatic carbocycles. The maximum Gasteiger partial charge on any atom is 0.223 e. The molecular weight excluding hydrogens is 267 g/mol. The van der Waals surface area contributed by atoms with Crippen molar-refractivity contribution in [1.82, 2.24) is 9.80 Å². The number of hydrogen-bond donors (Lipinski definition) is 0. The first-order valence-electron chi connectivity index (χ1n) is 7.58. The van der Waals surface area contributed by atoms with Gasteiger partial charge in [-0.25, -0.2) is 4.39 Å². The van der Waals surface area contributed by atoms with Crippen LogP contribution < -0.4 is 0 Å². The van der Waals surface area contributed by atoms with Gasteiger partial charge in [-0.1, -0.05) is 18.2 Å². The van der Waals surface area contributed by atoms with Gasteiger partial charge in [0.25, 0.3) is 0 Å². The molecule has 0 bridgehead atoms. The molecule has 0 saturated carbocycles. The fourth-order valence-electron chi connectivity index (χ4n) is 3.64. The molecule has 1 aromatic carbocycles. The number of amides is 1. The molecule has 2 atom stereocenters. The van der Waals surface area contributed by atoms with Crippen LogP contribution in [0.25, 0.3) is 0 Å². The van der Waals surface area contributed by atoms with Gasteiger partial charge in [0.2, 0.25) is 5.91 Å². The molecule has 112 valence electrons. The first-order chi connectivity index (χ1) is 10.2. The lowest BCUT2D eigenvalue weighted by molar-refractivity contribution is -0.136. The third kappa shape index (κ3) is 2.86. The smallest absolute Gasteiger partial charge is 0.223 e. The van der Waals surface area contributed by atoms with E-state index in [1.807, 2.05) is 23.1 Å². The third-order valence-electron chi connectivity index (χ3n) is 4.62. The van der Waals surface area contributed by atoms with Crippen molar-refractivity contribution in [2.75, 3.05) is 13.1 Å². The van der Waals surface area contributed by atoms with Crippen molar-refractivity contribution in [2.24, 2.45) is 0 Å². The monoisotopic (exact) mass is 288 g/mol. The lowest BCUT2D eigenvalue weighted by atomic mass is 9.96. The Morgan fingerprint density at radius 1 is 1.24 bits per heavy atom. The van der Waals surface area contributed by atoms with Gasteiger partial charge in [0.15, 0.2) is 0 Å². The van der Waals surface area contributed by atoms with E-state index in [0.717, 1.165) is 31.5 Å². The van der Waals surface area contributed by atoms with E-state index in [9.17, 15) is 9.18 Å². The minimum Gasteiger partial charge on any atom is -0.334 e. The Hall–Kier alpha value is -1.68. The van der Waals surface area contributed by atoms with Crippen LogP contribution in [0.2, 0.25) is 0 Å². The van der Waals surface area contributed by atoms with E-state index in [4.69, 9.17) is 0 Å². The summed E-state index contributed by atoms with van der Waals surface area (Å²) in [7, 11) is 0. The lowest BCUT2D eigenvalue weighted by Gasteiger charge is -2.39. The summed E-state index contributed by atoms with van der Waals surface area (Å²) >= 11 is 0. The zero-order chi connectivity index (χ0) is 14.8. The fourth-order valence-corrected chi connectivity index (χ4v) is 3.64. The van der Waals surface area contributed by atoms with E-state index >= 15 is 0 Å². The zero-order valence-corrected chi connectivity index (χ0v) is 12.2. The summed E-state index contributed by atoms with van der Waals surface area (Å²) in [5.74, 6) is 0.0539. The minimum absolute atomic E-state index is 0.196. The Morgan fingerprint density at radius 2 is 2.00 bits per heavy atom. The Morgan fingerprint density at radius 3 is 2.71 bits per heavy atom. The second-order valence-electron chi connectivity index (χ2n) is 5.89. The number of piperidine rings is 1. The van der Waals surface area contributed by atoms with Crippen molar-refractivity contribution in [3.05, 3.63) is 48.3 Å². The van der Waals surface area contributed by atoms with Gasteiger partial charge in [-0.2, -0.15) is 0 Å². The van der Waals surface area contributed by atoms with Crippen molar-refractivity contribution >= 4 is 5.91 Å². The summed E-state index contributed by atoms with van der Waals surface area (Å²) in [5.41, 5.74) is 1.13. The summed E-state index contributed by atoms with van der Waals surface area (Å²) in [6.45, 7) is 6.22. The van der Waals surface area contributed by atoms with Crippen LogP contribution in [0.3, 0.4) is 0 Å². The first kappa shape index (κ1) is 14.3. The van der Waals surface area contributed by atoms with Crippen LogP contribution in [-0.4, -0.2) is 40.9 Å². The number of nitrogens with zero attached hydrogens (tertiary/aromatic N) is 2.